The lowest BCUT2D eigenvalue weighted by Gasteiger charge is -2.31. The molecule has 1 aliphatic rings. The molecule has 2 rings (SSSR count). The van der Waals surface area contributed by atoms with Gasteiger partial charge in [-0.05, 0) is 37.0 Å². The number of halogens is 3. The molecule has 0 radical (unpaired) electrons. The number of hydrogen-bond acceptors (Lipinski definition) is 2. The van der Waals surface area contributed by atoms with Gasteiger partial charge in [-0.3, -0.25) is 0 Å². The summed E-state index contributed by atoms with van der Waals surface area (Å²) in [5, 5.41) is 9.19. The van der Waals surface area contributed by atoms with Gasteiger partial charge < -0.3 is 9.84 Å². The number of allylic oxidation sites excluding steroid dienone is 1. The van der Waals surface area contributed by atoms with Crippen LogP contribution in [0.1, 0.15) is 30.0 Å². The highest BCUT2D eigenvalue weighted by Gasteiger charge is 2.50. The topological polar surface area (TPSA) is 46.5 Å². The Bertz CT molecular complexity index is 630. The van der Waals surface area contributed by atoms with Crippen molar-refractivity contribution in [2.45, 2.75) is 39.5 Å². The summed E-state index contributed by atoms with van der Waals surface area (Å²) in [6.07, 6.45) is -7.02. The maximum absolute atomic E-state index is 13.2. The van der Waals surface area contributed by atoms with E-state index >= 15 is 0 Å². The van der Waals surface area contributed by atoms with E-state index in [9.17, 15) is 23.1 Å². The van der Waals surface area contributed by atoms with Crippen LogP contribution >= 0.6 is 0 Å². The molecule has 1 aromatic rings. The highest BCUT2D eigenvalue weighted by Crippen LogP contribution is 2.44. The van der Waals surface area contributed by atoms with Crippen LogP contribution in [-0.2, 0) is 4.79 Å². The Morgan fingerprint density at radius 2 is 1.95 bits per heavy atom. The van der Waals surface area contributed by atoms with Gasteiger partial charge in [0.2, 0.25) is 6.10 Å². The van der Waals surface area contributed by atoms with E-state index in [2.05, 4.69) is 0 Å². The number of carbonyl (C=O) groups is 1. The first-order valence-corrected chi connectivity index (χ1v) is 6.48. The van der Waals surface area contributed by atoms with Crippen molar-refractivity contribution in [2.24, 2.45) is 0 Å². The van der Waals surface area contributed by atoms with Gasteiger partial charge in [0.15, 0.2) is 0 Å². The van der Waals surface area contributed by atoms with Crippen molar-refractivity contribution in [1.82, 2.24) is 0 Å². The number of carboxylic acid groups (broad SMARTS) is 1. The fraction of sp³-hybridized carbons (Fsp3) is 0.400. The van der Waals surface area contributed by atoms with Gasteiger partial charge in [0.25, 0.3) is 0 Å². The summed E-state index contributed by atoms with van der Waals surface area (Å²) in [4.78, 5) is 11.3. The maximum Gasteiger partial charge on any atom is 0.430 e. The van der Waals surface area contributed by atoms with Crippen LogP contribution in [0.2, 0.25) is 0 Å². The molecule has 1 atom stereocenters. The Balaban J connectivity index is 2.78. The lowest BCUT2D eigenvalue weighted by molar-refractivity contribution is -0.187. The molecule has 0 saturated carbocycles. The molecule has 3 nitrogen and oxygen atoms in total. The van der Waals surface area contributed by atoms with Gasteiger partial charge in [-0.15, -0.1) is 0 Å². The third-order valence-corrected chi connectivity index (χ3v) is 3.71. The van der Waals surface area contributed by atoms with E-state index in [-0.39, 0.29) is 17.7 Å². The van der Waals surface area contributed by atoms with Gasteiger partial charge in [-0.1, -0.05) is 19.1 Å². The first-order chi connectivity index (χ1) is 9.68. The molecular weight excluding hydrogens is 285 g/mol. The van der Waals surface area contributed by atoms with Crippen molar-refractivity contribution < 1.29 is 27.8 Å². The van der Waals surface area contributed by atoms with Crippen molar-refractivity contribution in [2.75, 3.05) is 0 Å². The first kappa shape index (κ1) is 15.4. The Morgan fingerprint density at radius 3 is 2.43 bits per heavy atom. The number of hydrogen-bond donors (Lipinski definition) is 1. The van der Waals surface area contributed by atoms with Crippen LogP contribution in [-0.4, -0.2) is 23.4 Å². The Kier molecular flexibility index (Phi) is 3.74. The van der Waals surface area contributed by atoms with Crippen LogP contribution in [0.15, 0.2) is 17.7 Å². The second-order valence-electron chi connectivity index (χ2n) is 4.97. The average molecular weight is 300 g/mol. The fourth-order valence-electron chi connectivity index (χ4n) is 2.51. The molecule has 1 unspecified atom stereocenters. The Morgan fingerprint density at radius 1 is 1.33 bits per heavy atom. The second-order valence-corrected chi connectivity index (χ2v) is 4.97. The Labute approximate surface area is 120 Å². The van der Waals surface area contributed by atoms with Crippen LogP contribution in [0.5, 0.6) is 5.75 Å². The molecule has 0 bridgehead atoms. The molecule has 0 amide bonds. The average Bonchev–Trinajstić information content (AvgIpc) is 2.39. The van der Waals surface area contributed by atoms with E-state index in [4.69, 9.17) is 4.74 Å². The molecule has 0 fully saturated rings. The molecule has 1 aliphatic heterocycles. The second kappa shape index (κ2) is 5.09. The molecule has 1 N–H and O–H groups in total. The standard InChI is InChI=1S/C15H15F3O3/c1-4-9-10-6-5-7(2)8(3)12(10)21-13(15(16,17)18)11(9)14(19)20/h5-6,13H,4H2,1-3H3,(H,19,20). The minimum atomic E-state index is -4.78. The number of benzene rings is 1. The van der Waals surface area contributed by atoms with Crippen LogP contribution in [0.3, 0.4) is 0 Å². The number of ether oxygens (including phenoxy) is 1. The van der Waals surface area contributed by atoms with E-state index in [1.54, 1.807) is 32.9 Å². The predicted molar refractivity (Wildman–Crippen MR) is 71.2 cm³/mol. The van der Waals surface area contributed by atoms with Crippen molar-refractivity contribution >= 4 is 11.5 Å². The SMILES string of the molecule is CCC1=C(C(=O)O)C(C(F)(F)F)Oc2c1ccc(C)c2C. The fourth-order valence-corrected chi connectivity index (χ4v) is 2.51. The summed E-state index contributed by atoms with van der Waals surface area (Å²) in [5.74, 6) is -1.47. The number of fused-ring (bicyclic) bond motifs is 1. The third kappa shape index (κ3) is 2.50. The molecule has 6 heteroatoms. The van der Waals surface area contributed by atoms with E-state index in [1.165, 1.54) is 0 Å². The van der Waals surface area contributed by atoms with E-state index in [0.717, 1.165) is 5.56 Å². The predicted octanol–water partition coefficient (Wildman–Crippen LogP) is 3.87. The zero-order valence-corrected chi connectivity index (χ0v) is 11.8. The monoisotopic (exact) mass is 300 g/mol. The molecule has 0 saturated heterocycles. The van der Waals surface area contributed by atoms with Gasteiger partial charge >= 0.3 is 12.1 Å². The van der Waals surface area contributed by atoms with Crippen molar-refractivity contribution in [1.29, 1.82) is 0 Å². The summed E-state index contributed by atoms with van der Waals surface area (Å²) in [6.45, 7) is 5.07. The smallest absolute Gasteiger partial charge is 0.430 e. The summed E-state index contributed by atoms with van der Waals surface area (Å²) >= 11 is 0. The summed E-state index contributed by atoms with van der Waals surface area (Å²) in [5.41, 5.74) is 1.27. The zero-order chi connectivity index (χ0) is 15.9. The maximum atomic E-state index is 13.2. The molecule has 0 aliphatic carbocycles. The van der Waals surface area contributed by atoms with Gasteiger partial charge in [0.05, 0.1) is 5.57 Å². The lowest BCUT2D eigenvalue weighted by atomic mass is 9.88. The highest BCUT2D eigenvalue weighted by atomic mass is 19.4. The minimum absolute atomic E-state index is 0.124. The molecular formula is C15H15F3O3. The van der Waals surface area contributed by atoms with Crippen LogP contribution in [0, 0.1) is 13.8 Å². The van der Waals surface area contributed by atoms with Crippen molar-refractivity contribution in [3.63, 3.8) is 0 Å². The number of aryl methyl sites for hydroxylation is 1. The largest absolute Gasteiger partial charge is 0.478 e. The van der Waals surface area contributed by atoms with Gasteiger partial charge in [0, 0.05) is 5.56 Å². The number of aliphatic carboxylic acids is 1. The van der Waals surface area contributed by atoms with Gasteiger partial charge in [0.1, 0.15) is 5.75 Å². The van der Waals surface area contributed by atoms with Crippen molar-refractivity contribution in [3.05, 3.63) is 34.4 Å². The summed E-state index contributed by atoms with van der Waals surface area (Å²) < 4.78 is 44.5. The molecule has 0 spiro atoms. The number of rotatable bonds is 2. The molecule has 21 heavy (non-hydrogen) atoms. The van der Waals surface area contributed by atoms with E-state index in [1.807, 2.05) is 0 Å². The lowest BCUT2D eigenvalue weighted by Crippen LogP contribution is -2.41. The zero-order valence-electron chi connectivity index (χ0n) is 11.8. The van der Waals surface area contributed by atoms with E-state index < -0.39 is 23.8 Å². The molecule has 114 valence electrons. The molecule has 1 aromatic carbocycles. The normalized spacial score (nSPS) is 18.3. The molecule has 1 heterocycles. The first-order valence-electron chi connectivity index (χ1n) is 6.48. The van der Waals surface area contributed by atoms with E-state index in [0.29, 0.717) is 11.1 Å². The summed E-state index contributed by atoms with van der Waals surface area (Å²) in [7, 11) is 0. The minimum Gasteiger partial charge on any atom is -0.478 e. The number of carboxylic acids is 1. The van der Waals surface area contributed by atoms with Gasteiger partial charge in [-0.2, -0.15) is 13.2 Å². The van der Waals surface area contributed by atoms with Gasteiger partial charge in [-0.25, -0.2) is 4.79 Å². The Hall–Kier alpha value is -1.98. The highest BCUT2D eigenvalue weighted by molar-refractivity contribution is 5.99. The number of alkyl halides is 3. The van der Waals surface area contributed by atoms with Crippen LogP contribution in [0.4, 0.5) is 13.2 Å². The van der Waals surface area contributed by atoms with Crippen molar-refractivity contribution in [3.8, 4) is 5.75 Å². The quantitative estimate of drug-likeness (QED) is 0.901. The van der Waals surface area contributed by atoms with Crippen LogP contribution in [0.25, 0.3) is 5.57 Å². The summed E-state index contributed by atoms with van der Waals surface area (Å²) in [6, 6.07) is 3.37. The third-order valence-electron chi connectivity index (χ3n) is 3.71. The van der Waals surface area contributed by atoms with Crippen LogP contribution < -0.4 is 4.74 Å². The molecule has 0 aromatic heterocycles.